The zero-order chi connectivity index (χ0) is 65.0. The molecule has 0 amide bonds. The summed E-state index contributed by atoms with van der Waals surface area (Å²) < 4.78 is 12.7. The molecule has 14 aromatic rings. The van der Waals surface area contributed by atoms with Crippen molar-refractivity contribution < 1.29 is 9.47 Å². The molecule has 0 aliphatic heterocycles. The molecular formula is C90H70N4O2S. The fraction of sp³-hybridized carbons (Fsp3) is 0.0444. The molecule has 13 aromatic carbocycles. The van der Waals surface area contributed by atoms with Gasteiger partial charge in [-0.15, -0.1) is 11.3 Å². The Bertz CT molecular complexity index is 4820. The second-order valence-corrected chi connectivity index (χ2v) is 24.9. The molecule has 1 aromatic heterocycles. The molecule has 1 heterocycles. The summed E-state index contributed by atoms with van der Waals surface area (Å²) >= 11 is 1.87. The van der Waals surface area contributed by atoms with Crippen molar-refractivity contribution in [1.82, 2.24) is 0 Å². The van der Waals surface area contributed by atoms with Gasteiger partial charge >= 0.3 is 0 Å². The summed E-state index contributed by atoms with van der Waals surface area (Å²) in [6.45, 7) is 0.979. The van der Waals surface area contributed by atoms with Gasteiger partial charge in [0.25, 0.3) is 0 Å². The van der Waals surface area contributed by atoms with Crippen LogP contribution in [0, 0.1) is 0 Å². The Hall–Kier alpha value is -12.2. The molecule has 0 N–H and O–H groups in total. The van der Waals surface area contributed by atoms with Gasteiger partial charge in [0.1, 0.15) is 24.7 Å². The van der Waals surface area contributed by atoms with Crippen LogP contribution in [-0.2, 0) is 13.2 Å². The third-order valence-electron chi connectivity index (χ3n) is 17.5. The molecule has 0 spiro atoms. The molecule has 0 saturated heterocycles. The maximum Gasteiger partial charge on any atom is 0.119 e. The molecule has 0 saturated carbocycles. The minimum atomic E-state index is 0.489. The van der Waals surface area contributed by atoms with Crippen LogP contribution >= 0.6 is 11.3 Å². The smallest absolute Gasteiger partial charge is 0.119 e. The molecule has 15 rings (SSSR count). The van der Waals surface area contributed by atoms with Crippen molar-refractivity contribution >= 4 is 85.2 Å². The highest BCUT2D eigenvalue weighted by molar-refractivity contribution is 7.20. The Labute approximate surface area is 573 Å². The van der Waals surface area contributed by atoms with Crippen molar-refractivity contribution in [1.29, 1.82) is 0 Å². The summed E-state index contributed by atoms with van der Waals surface area (Å²) in [5, 5.41) is 0. The van der Waals surface area contributed by atoms with Crippen molar-refractivity contribution in [2.45, 2.75) is 26.1 Å². The average Bonchev–Trinajstić information content (AvgIpc) is 1.61. The zero-order valence-corrected chi connectivity index (χ0v) is 54.5. The number of allylic oxidation sites excluding steroid dienone is 4. The Morgan fingerprint density at radius 3 is 0.825 bits per heavy atom. The van der Waals surface area contributed by atoms with E-state index in [1.807, 2.05) is 47.7 Å². The van der Waals surface area contributed by atoms with Crippen LogP contribution in [-0.4, -0.2) is 0 Å². The van der Waals surface area contributed by atoms with Gasteiger partial charge in [-0.3, -0.25) is 0 Å². The lowest BCUT2D eigenvalue weighted by Crippen LogP contribution is -2.12. The number of hydrogen-bond acceptors (Lipinski definition) is 7. The van der Waals surface area contributed by atoms with Crippen molar-refractivity contribution in [2.75, 3.05) is 19.6 Å². The Morgan fingerprint density at radius 1 is 0.247 bits per heavy atom. The number of ether oxygens (including phenoxy) is 2. The number of thiophene rings is 1. The lowest BCUT2D eigenvalue weighted by molar-refractivity contribution is 0.306. The third kappa shape index (κ3) is 13.8. The Balaban J connectivity index is 0.804. The number of benzene rings is 13. The molecule has 0 fully saturated rings. The fourth-order valence-electron chi connectivity index (χ4n) is 12.8. The fourth-order valence-corrected chi connectivity index (χ4v) is 14.1. The highest BCUT2D eigenvalue weighted by Crippen LogP contribution is 2.52. The molecule has 1 aliphatic rings. The van der Waals surface area contributed by atoms with Crippen LogP contribution in [0.15, 0.2) is 376 Å². The molecule has 0 unspecified atom stereocenters. The summed E-state index contributed by atoms with van der Waals surface area (Å²) in [7, 11) is 0. The van der Waals surface area contributed by atoms with E-state index < -0.39 is 0 Å². The van der Waals surface area contributed by atoms with Crippen molar-refractivity contribution in [3.63, 3.8) is 0 Å². The first-order valence-electron chi connectivity index (χ1n) is 33.1. The van der Waals surface area contributed by atoms with Crippen LogP contribution in [0.3, 0.4) is 0 Å². The van der Waals surface area contributed by atoms with Crippen molar-refractivity contribution in [3.05, 3.63) is 393 Å². The molecule has 0 radical (unpaired) electrons. The van der Waals surface area contributed by atoms with Gasteiger partial charge in [-0.1, -0.05) is 206 Å². The van der Waals surface area contributed by atoms with Crippen LogP contribution in [0.1, 0.15) is 29.5 Å². The standard InChI is InChI=1S/C90H70N4O2S/c1-9-25-67(26-10-1)65-95-85-61-57-83(58-62-85)93(81-53-49-79(50-54-81)91(73-33-17-5-18-34-73)74-35-19-6-20-36-74)77-45-41-71(42-46-77)89-87(69-29-13-3-14-30-69)88(70-31-15-4-16-32-70)90(97-89)72-43-47-78(48-44-72)94(84-59-63-86(64-60-84)96-66-68-27-11-2-12-28-68)82-55-51-80(52-56-82)92(75-37-21-7-22-38-75)76-39-23-8-24-40-76/h1-3,5-15,17-64H,4,16,65-66H2. The highest BCUT2D eigenvalue weighted by atomic mass is 32.1. The molecule has 1 aliphatic carbocycles. The summed E-state index contributed by atoms with van der Waals surface area (Å²) in [6.07, 6.45) is 9.07. The van der Waals surface area contributed by atoms with Gasteiger partial charge < -0.3 is 29.1 Å². The van der Waals surface area contributed by atoms with Crippen LogP contribution < -0.4 is 29.1 Å². The minimum Gasteiger partial charge on any atom is -0.489 e. The molecule has 6 nitrogen and oxygen atoms in total. The molecule has 7 heteroatoms. The van der Waals surface area contributed by atoms with Gasteiger partial charge in [-0.05, 0) is 216 Å². The molecular weight excluding hydrogens is 1200 g/mol. The van der Waals surface area contributed by atoms with E-state index in [-0.39, 0.29) is 0 Å². The van der Waals surface area contributed by atoms with Crippen molar-refractivity contribution in [3.8, 4) is 43.5 Å². The quantitative estimate of drug-likeness (QED) is 0.0672. The zero-order valence-electron chi connectivity index (χ0n) is 53.6. The van der Waals surface area contributed by atoms with Gasteiger partial charge in [-0.25, -0.2) is 0 Å². The second-order valence-electron chi connectivity index (χ2n) is 23.9. The second kappa shape index (κ2) is 29.0. The third-order valence-corrected chi connectivity index (χ3v) is 18.8. The number of anilines is 12. The van der Waals surface area contributed by atoms with Gasteiger partial charge in [0.05, 0.1) is 0 Å². The van der Waals surface area contributed by atoms with Crippen LogP contribution in [0.2, 0.25) is 0 Å². The van der Waals surface area contributed by atoms with Crippen LogP contribution in [0.4, 0.5) is 68.2 Å². The van der Waals surface area contributed by atoms with Gasteiger partial charge in [0, 0.05) is 89.1 Å². The van der Waals surface area contributed by atoms with Crippen LogP contribution in [0.5, 0.6) is 11.5 Å². The normalized spacial score (nSPS) is 11.7. The maximum atomic E-state index is 6.33. The number of rotatable bonds is 22. The number of para-hydroxylation sites is 4. The monoisotopic (exact) mass is 1270 g/mol. The molecule has 0 bridgehead atoms. The summed E-state index contributed by atoms with van der Waals surface area (Å²) in [6, 6.07) is 127. The first-order chi connectivity index (χ1) is 48.1. The Morgan fingerprint density at radius 2 is 0.515 bits per heavy atom. The number of nitrogens with zero attached hydrogens (tertiary/aromatic N) is 4. The van der Waals surface area contributed by atoms with E-state index in [1.165, 1.54) is 32.0 Å². The predicted molar refractivity (Wildman–Crippen MR) is 407 cm³/mol. The lowest BCUT2D eigenvalue weighted by Gasteiger charge is -2.28. The van der Waals surface area contributed by atoms with E-state index in [2.05, 4.69) is 359 Å². The van der Waals surface area contributed by atoms with Crippen LogP contribution in [0.25, 0.3) is 37.6 Å². The summed E-state index contributed by atoms with van der Waals surface area (Å²) in [5.74, 6) is 1.62. The minimum absolute atomic E-state index is 0.489. The predicted octanol–water partition coefficient (Wildman–Crippen LogP) is 25.5. The van der Waals surface area contributed by atoms with Gasteiger partial charge in [-0.2, -0.15) is 0 Å². The van der Waals surface area contributed by atoms with E-state index in [1.54, 1.807) is 0 Å². The van der Waals surface area contributed by atoms with Gasteiger partial charge in [0.15, 0.2) is 0 Å². The molecule has 97 heavy (non-hydrogen) atoms. The molecule has 0 atom stereocenters. The summed E-state index contributed by atoms with van der Waals surface area (Å²) in [5.41, 5.74) is 22.0. The van der Waals surface area contributed by atoms with E-state index >= 15 is 0 Å². The first kappa shape index (κ1) is 61.0. The average molecular weight is 1270 g/mol. The van der Waals surface area contributed by atoms with E-state index in [9.17, 15) is 0 Å². The highest BCUT2D eigenvalue weighted by Gasteiger charge is 2.26. The lowest BCUT2D eigenvalue weighted by atomic mass is 9.89. The summed E-state index contributed by atoms with van der Waals surface area (Å²) in [4.78, 5) is 11.7. The first-order valence-corrected chi connectivity index (χ1v) is 33.9. The van der Waals surface area contributed by atoms with Crippen molar-refractivity contribution in [2.24, 2.45) is 0 Å². The SMILES string of the molecule is C1=CC(c2c(-c3ccc(N(c4ccc(OCc5ccccc5)cc4)c4ccc(N(c5ccccc5)c5ccccc5)cc4)cc3)sc(-c3ccc(N(c4ccc(OCc5ccccc5)cc4)c4ccc(N(c5ccccc5)c5ccccc5)cc4)cc3)c2-c2ccccc2)=CCC1. The molecule has 468 valence electrons. The van der Waals surface area contributed by atoms with E-state index in [0.29, 0.717) is 13.2 Å². The largest absolute Gasteiger partial charge is 0.489 e. The van der Waals surface area contributed by atoms with E-state index in [0.717, 1.165) is 115 Å². The maximum absolute atomic E-state index is 6.33. The Kier molecular flexibility index (Phi) is 18.3. The van der Waals surface area contributed by atoms with Gasteiger partial charge in [0.2, 0.25) is 0 Å². The topological polar surface area (TPSA) is 31.4 Å². The van der Waals surface area contributed by atoms with E-state index in [4.69, 9.17) is 9.47 Å². The number of hydrogen-bond donors (Lipinski definition) is 0.